The Labute approximate surface area is 255 Å². The first kappa shape index (κ1) is 30.1. The number of carbonyl (C=O) groups is 1. The lowest BCUT2D eigenvalue weighted by Crippen LogP contribution is -2.30. The molecule has 5 aromatic rings. The number of ether oxygens (including phenoxy) is 2. The van der Waals surface area contributed by atoms with E-state index in [0.717, 1.165) is 11.1 Å². The fourth-order valence-electron chi connectivity index (χ4n) is 4.76. The number of anilines is 1. The maximum absolute atomic E-state index is 14.5. The number of hydrogen-bond acceptors (Lipinski definition) is 6. The second-order valence-corrected chi connectivity index (χ2v) is 12.3. The molecule has 43 heavy (non-hydrogen) atoms. The Kier molecular flexibility index (Phi) is 9.00. The molecule has 1 N–H and O–H groups in total. The summed E-state index contributed by atoms with van der Waals surface area (Å²) < 4.78 is 42.5. The molecule has 0 atom stereocenters. The van der Waals surface area contributed by atoms with E-state index in [1.807, 2.05) is 24.3 Å². The minimum atomic E-state index is -4.12. The number of aromatic nitrogens is 2. The molecule has 0 saturated heterocycles. The summed E-state index contributed by atoms with van der Waals surface area (Å²) in [6.07, 6.45) is 1.56. The molecule has 1 amide bonds. The highest BCUT2D eigenvalue weighted by molar-refractivity contribution is 7.89. The van der Waals surface area contributed by atoms with E-state index in [1.54, 1.807) is 80.5 Å². The lowest BCUT2D eigenvalue weighted by molar-refractivity contribution is -0.115. The molecule has 0 unspecified atom stereocenters. The monoisotopic (exact) mass is 618 g/mol. The Morgan fingerprint density at radius 2 is 1.49 bits per heavy atom. The summed E-state index contributed by atoms with van der Waals surface area (Å²) in [7, 11) is 0.758. The number of halogens is 1. The zero-order chi connectivity index (χ0) is 30.6. The lowest BCUT2D eigenvalue weighted by atomic mass is 10.1. The average Bonchev–Trinajstić information content (AvgIpc) is 3.38. The molecule has 0 aliphatic heterocycles. The van der Waals surface area contributed by atoms with Crippen LogP contribution in [0.15, 0.2) is 96.0 Å². The van der Waals surface area contributed by atoms with E-state index in [2.05, 4.69) is 10.4 Å². The molecule has 0 fully saturated rings. The zero-order valence-electron chi connectivity index (χ0n) is 24.0. The van der Waals surface area contributed by atoms with E-state index in [0.29, 0.717) is 38.7 Å². The largest absolute Gasteiger partial charge is 0.497 e. The summed E-state index contributed by atoms with van der Waals surface area (Å²) in [4.78, 5) is 13.0. The van der Waals surface area contributed by atoms with Crippen molar-refractivity contribution >= 4 is 44.1 Å². The molecule has 1 aromatic heterocycles. The smallest absolute Gasteiger partial charge is 0.244 e. The van der Waals surface area contributed by atoms with Crippen LogP contribution in [0.4, 0.5) is 5.69 Å². The van der Waals surface area contributed by atoms with Gasteiger partial charge in [-0.2, -0.15) is 9.40 Å². The van der Waals surface area contributed by atoms with Gasteiger partial charge in [0.25, 0.3) is 0 Å². The summed E-state index contributed by atoms with van der Waals surface area (Å²) in [5.74, 6) is 1.02. The number of nitrogens with zero attached hydrogens (tertiary/aromatic N) is 3. The molecule has 4 aromatic carbocycles. The van der Waals surface area contributed by atoms with E-state index in [-0.39, 0.29) is 30.3 Å². The molecule has 0 aliphatic carbocycles. The summed E-state index contributed by atoms with van der Waals surface area (Å²) in [5, 5.41) is 8.09. The first-order chi connectivity index (χ1) is 20.7. The van der Waals surface area contributed by atoms with Crippen LogP contribution in [-0.4, -0.2) is 42.6 Å². The van der Waals surface area contributed by atoms with Gasteiger partial charge in [0.1, 0.15) is 11.5 Å². The van der Waals surface area contributed by atoms with Crippen molar-refractivity contribution in [1.82, 2.24) is 14.1 Å². The maximum Gasteiger partial charge on any atom is 0.244 e. The Bertz CT molecular complexity index is 1810. The molecular weight excluding hydrogens is 588 g/mol. The van der Waals surface area contributed by atoms with Crippen molar-refractivity contribution in [2.75, 3.05) is 19.5 Å². The van der Waals surface area contributed by atoms with Gasteiger partial charge in [0.15, 0.2) is 0 Å². The summed E-state index contributed by atoms with van der Waals surface area (Å²) in [5.41, 5.74) is 3.12. The lowest BCUT2D eigenvalue weighted by Gasteiger charge is -2.24. The van der Waals surface area contributed by atoms with Gasteiger partial charge in [-0.05, 0) is 59.2 Å². The number of amides is 1. The predicted molar refractivity (Wildman–Crippen MR) is 167 cm³/mol. The van der Waals surface area contributed by atoms with Crippen molar-refractivity contribution in [3.05, 3.63) is 113 Å². The third kappa shape index (κ3) is 6.83. The number of aryl methyl sites for hydroxylation is 1. The maximum atomic E-state index is 14.5. The number of rotatable bonds is 11. The molecule has 0 saturated carbocycles. The van der Waals surface area contributed by atoms with Crippen molar-refractivity contribution < 1.29 is 22.7 Å². The van der Waals surface area contributed by atoms with Gasteiger partial charge in [0.05, 0.1) is 37.2 Å². The number of sulfonamides is 1. The first-order valence-electron chi connectivity index (χ1n) is 13.4. The Hall–Kier alpha value is -4.38. The normalized spacial score (nSPS) is 11.6. The van der Waals surface area contributed by atoms with Crippen LogP contribution in [0.1, 0.15) is 16.7 Å². The van der Waals surface area contributed by atoms with Gasteiger partial charge >= 0.3 is 0 Å². The minimum absolute atomic E-state index is 0.0340. The molecule has 0 bridgehead atoms. The molecule has 9 nitrogen and oxygen atoms in total. The van der Waals surface area contributed by atoms with Gasteiger partial charge in [0.2, 0.25) is 15.9 Å². The molecule has 0 aliphatic rings. The van der Waals surface area contributed by atoms with E-state index >= 15 is 0 Å². The van der Waals surface area contributed by atoms with Crippen molar-refractivity contribution in [1.29, 1.82) is 0 Å². The first-order valence-corrected chi connectivity index (χ1v) is 15.2. The van der Waals surface area contributed by atoms with Crippen LogP contribution in [0.5, 0.6) is 11.5 Å². The predicted octanol–water partition coefficient (Wildman–Crippen LogP) is 5.82. The van der Waals surface area contributed by atoms with Crippen LogP contribution in [0.2, 0.25) is 5.02 Å². The number of carbonyl (C=O) groups excluding carboxylic acids is 1. The van der Waals surface area contributed by atoms with Crippen LogP contribution in [0.3, 0.4) is 0 Å². The topological polar surface area (TPSA) is 103 Å². The number of hydrogen-bond donors (Lipinski definition) is 1. The standard InChI is InChI=1S/C32H31ClN4O5S/c1-36-30-17-25(35-32(38)16-24-6-4-5-7-29(24)33)18-31(28(30)19-34-36)43(39,40)37(20-22-8-12-26(41-2)13-9-22)21-23-10-14-27(42-3)15-11-23/h4-15,17-19H,16,20-21H2,1-3H3,(H,35,38). The molecule has 0 radical (unpaired) electrons. The van der Waals surface area contributed by atoms with Crippen molar-refractivity contribution in [3.8, 4) is 11.5 Å². The fourth-order valence-corrected chi connectivity index (χ4v) is 6.59. The third-order valence-electron chi connectivity index (χ3n) is 7.08. The van der Waals surface area contributed by atoms with Gasteiger partial charge in [-0.3, -0.25) is 9.48 Å². The van der Waals surface area contributed by atoms with Crippen molar-refractivity contribution in [2.24, 2.45) is 7.05 Å². The quantitative estimate of drug-likeness (QED) is 0.200. The van der Waals surface area contributed by atoms with Gasteiger partial charge in [-0.25, -0.2) is 8.42 Å². The molecular formula is C32H31ClN4O5S. The van der Waals surface area contributed by atoms with E-state index in [4.69, 9.17) is 21.1 Å². The Balaban J connectivity index is 1.53. The van der Waals surface area contributed by atoms with Gasteiger partial charge in [-0.1, -0.05) is 54.1 Å². The minimum Gasteiger partial charge on any atom is -0.497 e. The molecule has 222 valence electrons. The SMILES string of the molecule is COc1ccc(CN(Cc2ccc(OC)cc2)S(=O)(=O)c2cc(NC(=O)Cc3ccccc3Cl)cc3c2cnn3C)cc1. The van der Waals surface area contributed by atoms with E-state index in [9.17, 15) is 13.2 Å². The second kappa shape index (κ2) is 12.9. The van der Waals surface area contributed by atoms with E-state index in [1.165, 1.54) is 16.6 Å². The highest BCUT2D eigenvalue weighted by Crippen LogP contribution is 2.32. The number of fused-ring (bicyclic) bond motifs is 1. The highest BCUT2D eigenvalue weighted by atomic mass is 35.5. The Morgan fingerprint density at radius 3 is 2.05 bits per heavy atom. The molecule has 1 heterocycles. The van der Waals surface area contributed by atoms with Crippen molar-refractivity contribution in [2.45, 2.75) is 24.4 Å². The van der Waals surface area contributed by atoms with Crippen LogP contribution < -0.4 is 14.8 Å². The van der Waals surface area contributed by atoms with Gasteiger partial charge in [0, 0.05) is 36.2 Å². The van der Waals surface area contributed by atoms with Crippen molar-refractivity contribution in [3.63, 3.8) is 0 Å². The Morgan fingerprint density at radius 1 is 0.907 bits per heavy atom. The van der Waals surface area contributed by atoms with Crippen LogP contribution in [-0.2, 0) is 41.4 Å². The zero-order valence-corrected chi connectivity index (χ0v) is 25.5. The van der Waals surface area contributed by atoms with Gasteiger partial charge in [-0.15, -0.1) is 0 Å². The highest BCUT2D eigenvalue weighted by Gasteiger charge is 2.29. The fraction of sp³-hybridized carbons (Fsp3) is 0.188. The summed E-state index contributed by atoms with van der Waals surface area (Å²) in [6, 6.07) is 24.8. The summed E-state index contributed by atoms with van der Waals surface area (Å²) >= 11 is 6.25. The third-order valence-corrected chi connectivity index (χ3v) is 9.28. The van der Waals surface area contributed by atoms with E-state index < -0.39 is 10.0 Å². The summed E-state index contributed by atoms with van der Waals surface area (Å²) in [6.45, 7) is 0.201. The molecule has 11 heteroatoms. The number of methoxy groups -OCH3 is 2. The van der Waals surface area contributed by atoms with Crippen LogP contribution in [0, 0.1) is 0 Å². The second-order valence-electron chi connectivity index (χ2n) is 9.96. The molecule has 0 spiro atoms. The van der Waals surface area contributed by atoms with Gasteiger partial charge < -0.3 is 14.8 Å². The molecule has 5 rings (SSSR count). The number of benzene rings is 4. The number of nitrogens with one attached hydrogen (secondary N) is 1. The van der Waals surface area contributed by atoms with Crippen LogP contribution in [0.25, 0.3) is 10.9 Å². The van der Waals surface area contributed by atoms with Crippen LogP contribution >= 0.6 is 11.6 Å². The average molecular weight is 619 g/mol.